The van der Waals surface area contributed by atoms with Crippen LogP contribution in [0.5, 0.6) is 0 Å². The summed E-state index contributed by atoms with van der Waals surface area (Å²) in [5, 5.41) is 20.2. The molecule has 0 bridgehead atoms. The second-order valence-electron chi connectivity index (χ2n) is 9.00. The van der Waals surface area contributed by atoms with Gasteiger partial charge in [-0.25, -0.2) is 4.98 Å². The predicted molar refractivity (Wildman–Crippen MR) is 141 cm³/mol. The smallest absolute Gasteiger partial charge is 0.218 e. The minimum atomic E-state index is -0.758. The SMILES string of the molecule is Cc1ccccc1Nc1cnc(C(=O)C2=c3ccc4c(c3CCC2)C(O)C=c2c(Cl)cccc2=4)s1. The highest BCUT2D eigenvalue weighted by molar-refractivity contribution is 7.18. The monoisotopic (exact) mass is 498 g/mol. The summed E-state index contributed by atoms with van der Waals surface area (Å²) in [6, 6.07) is 17.9. The molecule has 3 aromatic carbocycles. The lowest BCUT2D eigenvalue weighted by Gasteiger charge is -2.22. The number of anilines is 2. The Morgan fingerprint density at radius 1 is 1.06 bits per heavy atom. The Bertz CT molecular complexity index is 1720. The van der Waals surface area contributed by atoms with Crippen molar-refractivity contribution in [2.75, 3.05) is 5.32 Å². The number of Topliss-reactive ketones (excluding diaryl/α,β-unsaturated/α-hetero) is 1. The fraction of sp³-hybridized carbons (Fsp3) is 0.172. The zero-order valence-corrected chi connectivity index (χ0v) is 20.7. The van der Waals surface area contributed by atoms with E-state index in [1.54, 1.807) is 6.20 Å². The maximum Gasteiger partial charge on any atom is 0.218 e. The molecule has 2 aliphatic rings. The number of aliphatic hydroxyl groups is 1. The average molecular weight is 499 g/mol. The quantitative estimate of drug-likeness (QED) is 0.373. The first-order valence-corrected chi connectivity index (χ1v) is 12.9. The summed E-state index contributed by atoms with van der Waals surface area (Å²) in [4.78, 5) is 18.0. The molecule has 0 saturated carbocycles. The van der Waals surface area contributed by atoms with Crippen LogP contribution in [0.25, 0.3) is 11.6 Å². The molecule has 1 aromatic heterocycles. The molecule has 2 aliphatic carbocycles. The number of aromatic nitrogens is 1. The minimum Gasteiger partial charge on any atom is -0.384 e. The second kappa shape index (κ2) is 8.76. The van der Waals surface area contributed by atoms with Gasteiger partial charge in [0.05, 0.1) is 12.3 Å². The molecular weight excluding hydrogens is 476 g/mol. The van der Waals surface area contributed by atoms with Crippen LogP contribution < -0.4 is 15.8 Å². The third kappa shape index (κ3) is 3.80. The van der Waals surface area contributed by atoms with Crippen LogP contribution in [0, 0.1) is 17.4 Å². The van der Waals surface area contributed by atoms with Crippen LogP contribution in [0.4, 0.5) is 10.7 Å². The van der Waals surface area contributed by atoms with E-state index in [4.69, 9.17) is 11.6 Å². The highest BCUT2D eigenvalue weighted by Gasteiger charge is 2.25. The molecule has 0 fully saturated rings. The van der Waals surface area contributed by atoms with E-state index in [9.17, 15) is 9.90 Å². The van der Waals surface area contributed by atoms with Gasteiger partial charge in [0.1, 0.15) is 5.00 Å². The first-order valence-electron chi connectivity index (χ1n) is 11.7. The Kier molecular flexibility index (Phi) is 5.56. The minimum absolute atomic E-state index is 0.0357. The summed E-state index contributed by atoms with van der Waals surface area (Å²) in [6.07, 6.45) is 5.17. The van der Waals surface area contributed by atoms with Gasteiger partial charge in [-0.1, -0.05) is 65.4 Å². The van der Waals surface area contributed by atoms with E-state index >= 15 is 0 Å². The third-order valence-electron chi connectivity index (χ3n) is 6.88. The molecule has 0 radical (unpaired) electrons. The normalized spacial score (nSPS) is 16.1. The summed E-state index contributed by atoms with van der Waals surface area (Å²) in [5.74, 6) is -0.0357. The number of para-hydroxylation sites is 1. The van der Waals surface area contributed by atoms with Crippen LogP contribution in [0.3, 0.4) is 0 Å². The number of thiazole rings is 1. The Morgan fingerprint density at radius 2 is 1.89 bits per heavy atom. The molecule has 0 spiro atoms. The van der Waals surface area contributed by atoms with Crippen LogP contribution in [-0.2, 0) is 6.42 Å². The van der Waals surface area contributed by atoms with Gasteiger partial charge < -0.3 is 10.4 Å². The number of halogens is 1. The summed E-state index contributed by atoms with van der Waals surface area (Å²) in [7, 11) is 0. The first-order chi connectivity index (χ1) is 17.0. The molecule has 0 aliphatic heterocycles. The molecule has 0 saturated heterocycles. The number of rotatable bonds is 4. The van der Waals surface area contributed by atoms with E-state index in [-0.39, 0.29) is 5.78 Å². The Morgan fingerprint density at radius 3 is 2.74 bits per heavy atom. The van der Waals surface area contributed by atoms with Gasteiger partial charge in [-0.2, -0.15) is 0 Å². The van der Waals surface area contributed by atoms with Crippen molar-refractivity contribution in [3.05, 3.63) is 108 Å². The van der Waals surface area contributed by atoms with Crippen LogP contribution in [0.15, 0.2) is 60.8 Å². The van der Waals surface area contributed by atoms with Crippen LogP contribution >= 0.6 is 22.9 Å². The molecule has 0 amide bonds. The maximum absolute atomic E-state index is 13.6. The van der Waals surface area contributed by atoms with Crippen LogP contribution in [0.1, 0.15) is 45.4 Å². The Labute approximate surface area is 211 Å². The Hall–Kier alpha value is -3.25. The number of carbonyl (C=O) groups is 1. The van der Waals surface area contributed by atoms with Crippen LogP contribution in [0.2, 0.25) is 5.02 Å². The number of carbonyl (C=O) groups excluding carboxylic acids is 1. The Balaban J connectivity index is 1.46. The summed E-state index contributed by atoms with van der Waals surface area (Å²) >= 11 is 7.78. The summed E-state index contributed by atoms with van der Waals surface area (Å²) < 4.78 is 0. The predicted octanol–water partition coefficient (Wildman–Crippen LogP) is 5.33. The second-order valence-corrected chi connectivity index (χ2v) is 10.4. The number of ketones is 1. The number of aryl methyl sites for hydroxylation is 1. The van der Waals surface area contributed by atoms with Crippen molar-refractivity contribution in [3.63, 3.8) is 0 Å². The maximum atomic E-state index is 13.6. The van der Waals surface area contributed by atoms with E-state index in [2.05, 4.69) is 10.3 Å². The van der Waals surface area contributed by atoms with Gasteiger partial charge in [-0.15, -0.1) is 0 Å². The summed E-state index contributed by atoms with van der Waals surface area (Å²) in [6.45, 7) is 2.04. The highest BCUT2D eigenvalue weighted by atomic mass is 35.5. The number of benzene rings is 3. The molecule has 35 heavy (non-hydrogen) atoms. The number of nitrogens with zero attached hydrogens (tertiary/aromatic N) is 1. The van der Waals surface area contributed by atoms with Gasteiger partial charge in [0, 0.05) is 16.3 Å². The van der Waals surface area contributed by atoms with Crippen molar-refractivity contribution in [1.82, 2.24) is 4.98 Å². The zero-order chi connectivity index (χ0) is 24.1. The van der Waals surface area contributed by atoms with Gasteiger partial charge in [0.25, 0.3) is 0 Å². The lowest BCUT2D eigenvalue weighted by atomic mass is 9.84. The first kappa shape index (κ1) is 22.2. The lowest BCUT2D eigenvalue weighted by Crippen LogP contribution is -2.27. The fourth-order valence-electron chi connectivity index (χ4n) is 5.20. The van der Waals surface area contributed by atoms with E-state index in [0.29, 0.717) is 16.5 Å². The number of nitrogens with one attached hydrogen (secondary N) is 1. The van der Waals surface area contributed by atoms with E-state index in [0.717, 1.165) is 66.7 Å². The summed E-state index contributed by atoms with van der Waals surface area (Å²) in [5.41, 5.74) is 4.86. The number of aliphatic hydroxyl groups excluding tert-OH is 1. The van der Waals surface area contributed by atoms with E-state index in [1.165, 1.54) is 11.3 Å². The largest absolute Gasteiger partial charge is 0.384 e. The van der Waals surface area contributed by atoms with Gasteiger partial charge in [-0.3, -0.25) is 4.79 Å². The molecule has 1 unspecified atom stereocenters. The van der Waals surface area contributed by atoms with Crippen LogP contribution in [-0.4, -0.2) is 15.9 Å². The van der Waals surface area contributed by atoms with Gasteiger partial charge in [-0.05, 0) is 82.0 Å². The zero-order valence-electron chi connectivity index (χ0n) is 19.1. The molecule has 1 heterocycles. The highest BCUT2D eigenvalue weighted by Crippen LogP contribution is 2.31. The van der Waals surface area contributed by atoms with Crippen molar-refractivity contribution in [2.24, 2.45) is 0 Å². The molecular formula is C29H23ClN2O2S. The van der Waals surface area contributed by atoms with Crippen molar-refractivity contribution in [1.29, 1.82) is 0 Å². The van der Waals surface area contributed by atoms with Gasteiger partial charge >= 0.3 is 0 Å². The number of fused-ring (bicyclic) bond motifs is 4. The molecule has 174 valence electrons. The van der Waals surface area contributed by atoms with Crippen molar-refractivity contribution in [2.45, 2.75) is 32.3 Å². The molecule has 1 atom stereocenters. The molecule has 6 rings (SSSR count). The average Bonchev–Trinajstić information content (AvgIpc) is 3.33. The third-order valence-corrected chi connectivity index (χ3v) is 8.12. The molecule has 6 heteroatoms. The van der Waals surface area contributed by atoms with Crippen molar-refractivity contribution < 1.29 is 9.90 Å². The number of hydrogen-bond donors (Lipinski definition) is 2. The topological polar surface area (TPSA) is 62.2 Å². The number of hydrogen-bond acceptors (Lipinski definition) is 5. The lowest BCUT2D eigenvalue weighted by molar-refractivity contribution is 0.105. The van der Waals surface area contributed by atoms with Gasteiger partial charge in [0.15, 0.2) is 5.01 Å². The van der Waals surface area contributed by atoms with Crippen molar-refractivity contribution in [3.8, 4) is 0 Å². The van der Waals surface area contributed by atoms with E-state index < -0.39 is 6.10 Å². The van der Waals surface area contributed by atoms with E-state index in [1.807, 2.05) is 67.6 Å². The fourth-order valence-corrected chi connectivity index (χ4v) is 6.23. The van der Waals surface area contributed by atoms with Crippen molar-refractivity contribution >= 4 is 51.1 Å². The van der Waals surface area contributed by atoms with Gasteiger partial charge in [0.2, 0.25) is 5.78 Å². The molecule has 2 N–H and O–H groups in total. The standard InChI is InChI=1S/C29H23ClN2O2S/c1-16-6-2-3-11-24(16)32-26-15-31-29(35-26)28(34)21-9-4-8-19-18(21)12-13-20-17-7-5-10-23(30)22(17)14-25(33)27(19)20/h2-3,5-7,10-15,25,32-33H,4,8-9H2,1H3. The molecule has 4 nitrogen and oxygen atoms in total. The molecule has 4 aromatic rings.